The molecule has 0 aliphatic carbocycles. The molecule has 2 saturated heterocycles. The zero-order chi connectivity index (χ0) is 31.9. The third-order valence-electron chi connectivity index (χ3n) is 9.46. The molecule has 0 radical (unpaired) electrons. The topological polar surface area (TPSA) is 118 Å². The number of carbonyl (C=O) groups is 1. The van der Waals surface area contributed by atoms with Crippen molar-refractivity contribution in [2.24, 2.45) is 0 Å². The molecule has 43 heavy (non-hydrogen) atoms. The molecular weight excluding hydrogens is 585 g/mol. The van der Waals surface area contributed by atoms with Crippen LogP contribution in [0.3, 0.4) is 0 Å². The average Bonchev–Trinajstić information content (AvgIpc) is 3.10. The number of benzene rings is 1. The third-order valence-corrected chi connectivity index (χ3v) is 30.2. The van der Waals surface area contributed by atoms with Gasteiger partial charge >= 0.3 is 5.69 Å². The molecule has 238 valence electrons. The Hall–Kier alpha value is -2.20. The highest BCUT2D eigenvalue weighted by Gasteiger charge is 2.71. The number of ether oxygens (including phenoxy) is 2. The maximum absolute atomic E-state index is 14.6. The Balaban J connectivity index is 1.78. The van der Waals surface area contributed by atoms with Crippen molar-refractivity contribution in [3.63, 3.8) is 0 Å². The van der Waals surface area contributed by atoms with Gasteiger partial charge in [0, 0.05) is 12.3 Å². The van der Waals surface area contributed by atoms with Gasteiger partial charge in [-0.15, -0.1) is 0 Å². The van der Waals surface area contributed by atoms with E-state index in [9.17, 15) is 19.5 Å². The minimum absolute atomic E-state index is 0.121. The number of aliphatic hydroxyl groups excluding tert-OH is 1. The highest BCUT2D eigenvalue weighted by Crippen LogP contribution is 2.54. The number of hydrogen-bond acceptors (Lipinski definition) is 8. The van der Waals surface area contributed by atoms with Crippen LogP contribution < -0.4 is 11.2 Å². The first-order valence-corrected chi connectivity index (χ1v) is 20.5. The van der Waals surface area contributed by atoms with Crippen LogP contribution in [0.15, 0.2) is 52.2 Å². The molecule has 1 N–H and O–H groups in total. The maximum atomic E-state index is 14.6. The van der Waals surface area contributed by atoms with Crippen molar-refractivity contribution in [2.45, 2.75) is 122 Å². The van der Waals surface area contributed by atoms with E-state index in [1.807, 2.05) is 30.3 Å². The predicted molar refractivity (Wildman–Crippen MR) is 168 cm³/mol. The van der Waals surface area contributed by atoms with E-state index in [0.29, 0.717) is 0 Å². The van der Waals surface area contributed by atoms with Crippen molar-refractivity contribution in [1.82, 2.24) is 9.13 Å². The molecule has 2 aromatic rings. The van der Waals surface area contributed by atoms with Gasteiger partial charge < -0.3 is 23.4 Å². The fourth-order valence-electron chi connectivity index (χ4n) is 7.75. The second kappa shape index (κ2) is 12.7. The molecule has 10 nitrogen and oxygen atoms in total. The zero-order valence-electron chi connectivity index (χ0n) is 26.9. The second-order valence-electron chi connectivity index (χ2n) is 13.1. The van der Waals surface area contributed by atoms with E-state index in [1.165, 1.54) is 19.2 Å². The van der Waals surface area contributed by atoms with Crippen LogP contribution in [0.5, 0.6) is 0 Å². The van der Waals surface area contributed by atoms with E-state index >= 15 is 0 Å². The lowest BCUT2D eigenvalue weighted by atomic mass is 9.99. The number of aromatic nitrogens is 2. The van der Waals surface area contributed by atoms with Gasteiger partial charge in [0.15, 0.2) is 0 Å². The van der Waals surface area contributed by atoms with Crippen molar-refractivity contribution in [1.29, 1.82) is 0 Å². The van der Waals surface area contributed by atoms with Crippen LogP contribution in [0.1, 0.15) is 67.9 Å². The molecular formula is C31H48N2O8Si2. The standard InChI is InChI=1S/C31H48N2O8Si2/c1-20(2)42(21(3)4)39-18-26-28(41-43(42,22(5)6)23(7)8)29(36)31(40-26,24(9)34)33-16-15-27(35)32(30(33)37)19-38-17-25-13-11-10-12-14-25/h10-16,20-24,26,28,34H,17-19H2,1-9H3/t24?,26-,28-,31-/m1/s1. The largest absolute Gasteiger partial charge is 0.413 e. The Morgan fingerprint density at radius 1 is 0.907 bits per heavy atom. The van der Waals surface area contributed by atoms with E-state index in [2.05, 4.69) is 55.4 Å². The van der Waals surface area contributed by atoms with Crippen molar-refractivity contribution in [2.75, 3.05) is 6.61 Å². The van der Waals surface area contributed by atoms with E-state index in [4.69, 9.17) is 18.3 Å². The monoisotopic (exact) mass is 632 g/mol. The smallest absolute Gasteiger partial charge is 0.335 e. The number of aliphatic hydroxyl groups is 1. The number of carbonyl (C=O) groups excluding carboxylic acids is 1. The van der Waals surface area contributed by atoms with Crippen molar-refractivity contribution < 1.29 is 28.2 Å². The summed E-state index contributed by atoms with van der Waals surface area (Å²) >= 11 is 0. The second-order valence-corrected chi connectivity index (χ2v) is 26.1. The maximum Gasteiger partial charge on any atom is 0.335 e. The number of fused-ring (bicyclic) bond motifs is 1. The summed E-state index contributed by atoms with van der Waals surface area (Å²) in [5.41, 5.74) is -1.88. The van der Waals surface area contributed by atoms with Gasteiger partial charge in [-0.2, -0.15) is 0 Å². The lowest BCUT2D eigenvalue weighted by Crippen LogP contribution is -2.73. The van der Waals surface area contributed by atoms with E-state index in [1.54, 1.807) is 0 Å². The average molecular weight is 633 g/mol. The molecule has 1 aromatic carbocycles. The van der Waals surface area contributed by atoms with E-state index < -0.39 is 56.7 Å². The van der Waals surface area contributed by atoms with Crippen molar-refractivity contribution >= 4 is 21.5 Å². The Morgan fingerprint density at radius 3 is 2.02 bits per heavy atom. The van der Waals surface area contributed by atoms with Gasteiger partial charge in [0.05, 0.1) is 13.2 Å². The number of hydrogen-bond donors (Lipinski definition) is 1. The summed E-state index contributed by atoms with van der Waals surface area (Å²) < 4.78 is 28.3. The molecule has 0 bridgehead atoms. The fraction of sp³-hybridized carbons (Fsp3) is 0.645. The Labute approximate surface area is 256 Å². The molecule has 4 rings (SSSR count). The van der Waals surface area contributed by atoms with Gasteiger partial charge in [-0.1, -0.05) is 85.7 Å². The van der Waals surface area contributed by atoms with E-state index in [-0.39, 0.29) is 42.1 Å². The lowest BCUT2D eigenvalue weighted by molar-refractivity contribution is -0.180. The normalized spacial score (nSPS) is 25.9. The van der Waals surface area contributed by atoms with Gasteiger partial charge in [-0.05, 0) is 34.7 Å². The quantitative estimate of drug-likeness (QED) is 0.387. The van der Waals surface area contributed by atoms with E-state index in [0.717, 1.165) is 14.7 Å². The summed E-state index contributed by atoms with van der Waals surface area (Å²) in [6, 6.07) is 10.5. The number of Topliss-reactive ketones (excluding diaryl/α,β-unsaturated/α-hetero) is 1. The van der Waals surface area contributed by atoms with Gasteiger partial charge in [-0.25, -0.2) is 9.36 Å². The molecule has 0 amide bonds. The Bertz CT molecular complexity index is 1390. The van der Waals surface area contributed by atoms with Crippen LogP contribution in [0.2, 0.25) is 22.2 Å². The van der Waals surface area contributed by atoms with Crippen LogP contribution in [-0.4, -0.2) is 60.6 Å². The third kappa shape index (κ3) is 5.28. The fourth-order valence-corrected chi connectivity index (χ4v) is 29.5. The SMILES string of the molecule is CC(O)[C@@]1(n2ccc(=O)n(COCc3ccccc3)c2=O)O[C@@H]2CO[Si](C(C)C)(C(C)C)[Si](C(C)C)(C(C)C)O[C@H]2C1=O. The first-order valence-electron chi connectivity index (χ1n) is 15.3. The summed E-state index contributed by atoms with van der Waals surface area (Å²) in [4.78, 5) is 41.2. The molecule has 3 heterocycles. The Morgan fingerprint density at radius 2 is 1.49 bits per heavy atom. The van der Waals surface area contributed by atoms with Gasteiger partial charge in [0.1, 0.15) is 25.0 Å². The number of ketones is 1. The molecule has 0 saturated carbocycles. The van der Waals surface area contributed by atoms with Gasteiger partial charge in [-0.3, -0.25) is 14.2 Å². The molecule has 12 heteroatoms. The predicted octanol–water partition coefficient (Wildman–Crippen LogP) is 4.21. The first kappa shape index (κ1) is 33.7. The first-order chi connectivity index (χ1) is 20.2. The van der Waals surface area contributed by atoms with Crippen LogP contribution in [-0.2, 0) is 42.2 Å². The Kier molecular flexibility index (Phi) is 9.92. The minimum atomic E-state index is -2.83. The van der Waals surface area contributed by atoms with Crippen molar-refractivity contribution in [3.8, 4) is 0 Å². The highest BCUT2D eigenvalue weighted by atomic mass is 29.3. The van der Waals surface area contributed by atoms with Gasteiger partial charge in [0.2, 0.25) is 27.2 Å². The zero-order valence-corrected chi connectivity index (χ0v) is 28.9. The lowest BCUT2D eigenvalue weighted by Gasteiger charge is -2.54. The molecule has 2 aliphatic rings. The molecule has 0 spiro atoms. The molecule has 1 aromatic heterocycles. The highest BCUT2D eigenvalue weighted by molar-refractivity contribution is 7.39. The summed E-state index contributed by atoms with van der Waals surface area (Å²) in [5.74, 6) is -0.538. The van der Waals surface area contributed by atoms with Crippen LogP contribution in [0, 0.1) is 0 Å². The summed E-state index contributed by atoms with van der Waals surface area (Å²) in [5, 5.41) is 11.2. The van der Waals surface area contributed by atoms with Crippen molar-refractivity contribution in [3.05, 3.63) is 69.0 Å². The van der Waals surface area contributed by atoms with Crippen LogP contribution >= 0.6 is 0 Å². The number of nitrogens with zero attached hydrogens (tertiary/aromatic N) is 2. The molecule has 2 fully saturated rings. The molecule has 2 aliphatic heterocycles. The van der Waals surface area contributed by atoms with Crippen LogP contribution in [0.25, 0.3) is 0 Å². The summed E-state index contributed by atoms with van der Waals surface area (Å²) in [7, 11) is -5.45. The summed E-state index contributed by atoms with van der Waals surface area (Å²) in [6.07, 6.45) is -2.08. The van der Waals surface area contributed by atoms with Gasteiger partial charge in [0.25, 0.3) is 5.56 Å². The minimum Gasteiger partial charge on any atom is -0.413 e. The number of rotatable bonds is 10. The van der Waals surface area contributed by atoms with Crippen LogP contribution in [0.4, 0.5) is 0 Å². The molecule has 4 atom stereocenters. The summed E-state index contributed by atoms with van der Waals surface area (Å²) in [6.45, 7) is 18.9. The molecule has 1 unspecified atom stereocenters.